The van der Waals surface area contributed by atoms with Crippen molar-refractivity contribution in [2.45, 2.75) is 31.0 Å². The molecule has 7 heteroatoms. The second kappa shape index (κ2) is 8.00. The summed E-state index contributed by atoms with van der Waals surface area (Å²) >= 11 is 6.22. The Kier molecular flexibility index (Phi) is 5.89. The van der Waals surface area contributed by atoms with E-state index in [9.17, 15) is 13.2 Å². The van der Waals surface area contributed by atoms with E-state index in [1.54, 1.807) is 11.8 Å². The molecular weight excluding hydrogens is 386 g/mol. The fourth-order valence-electron chi connectivity index (χ4n) is 3.17. The first-order valence-corrected chi connectivity index (χ1v) is 10.9. The molecule has 0 N–H and O–H groups in total. The average Bonchev–Trinajstić information content (AvgIpc) is 2.68. The molecule has 0 radical (unpaired) electrons. The van der Waals surface area contributed by atoms with Gasteiger partial charge in [-0.15, -0.1) is 0 Å². The molecule has 27 heavy (non-hydrogen) atoms. The minimum absolute atomic E-state index is 0.0348. The van der Waals surface area contributed by atoms with Crippen molar-refractivity contribution in [1.29, 1.82) is 0 Å². The molecule has 5 nitrogen and oxygen atoms in total. The summed E-state index contributed by atoms with van der Waals surface area (Å²) in [5.74, 6) is -0.323. The summed E-state index contributed by atoms with van der Waals surface area (Å²) in [6.45, 7) is 4.28. The van der Waals surface area contributed by atoms with Crippen LogP contribution in [0.1, 0.15) is 35.9 Å². The molecule has 0 aliphatic carbocycles. The van der Waals surface area contributed by atoms with Crippen molar-refractivity contribution in [3.05, 3.63) is 64.7 Å². The molecule has 3 rings (SSSR count). The van der Waals surface area contributed by atoms with Gasteiger partial charge < -0.3 is 9.64 Å². The highest BCUT2D eigenvalue weighted by atomic mass is 35.5. The third-order valence-electron chi connectivity index (χ3n) is 4.63. The Hall–Kier alpha value is -1.89. The zero-order chi connectivity index (χ0) is 19.6. The largest absolute Gasteiger partial charge is 0.367 e. The zero-order valence-electron chi connectivity index (χ0n) is 15.3. The SMILES string of the molecule is CCS(=O)(=O)c1ccc(Cl)c(C(=O)N2CC(C)OC(c3ccccc3)C2)c1. The third kappa shape index (κ3) is 4.34. The van der Waals surface area contributed by atoms with E-state index >= 15 is 0 Å². The lowest BCUT2D eigenvalue weighted by molar-refractivity contribution is -0.0691. The predicted molar refractivity (Wildman–Crippen MR) is 105 cm³/mol. The van der Waals surface area contributed by atoms with Crippen molar-refractivity contribution in [1.82, 2.24) is 4.90 Å². The number of amides is 1. The molecule has 2 aromatic rings. The highest BCUT2D eigenvalue weighted by Crippen LogP contribution is 2.28. The second-order valence-electron chi connectivity index (χ2n) is 6.60. The van der Waals surface area contributed by atoms with E-state index in [1.807, 2.05) is 37.3 Å². The smallest absolute Gasteiger partial charge is 0.255 e. The first-order valence-electron chi connectivity index (χ1n) is 8.84. The molecule has 1 aliphatic heterocycles. The quantitative estimate of drug-likeness (QED) is 0.774. The molecule has 1 amide bonds. The van der Waals surface area contributed by atoms with Crippen molar-refractivity contribution >= 4 is 27.3 Å². The maximum atomic E-state index is 13.1. The molecule has 1 saturated heterocycles. The molecule has 0 aromatic heterocycles. The summed E-state index contributed by atoms with van der Waals surface area (Å²) in [5, 5.41) is 0.241. The summed E-state index contributed by atoms with van der Waals surface area (Å²) in [6, 6.07) is 14.0. The van der Waals surface area contributed by atoms with Gasteiger partial charge in [-0.3, -0.25) is 4.79 Å². The number of ether oxygens (including phenoxy) is 1. The summed E-state index contributed by atoms with van der Waals surface area (Å²) < 4.78 is 30.3. The third-order valence-corrected chi connectivity index (χ3v) is 6.69. The van der Waals surface area contributed by atoms with Crippen molar-refractivity contribution < 1.29 is 17.9 Å². The Labute approximate surface area is 164 Å². The molecule has 2 aromatic carbocycles. The number of hydrogen-bond acceptors (Lipinski definition) is 4. The van der Waals surface area contributed by atoms with Gasteiger partial charge in [-0.25, -0.2) is 8.42 Å². The van der Waals surface area contributed by atoms with Gasteiger partial charge in [-0.05, 0) is 30.7 Å². The first-order chi connectivity index (χ1) is 12.8. The lowest BCUT2D eigenvalue weighted by Gasteiger charge is -2.37. The van der Waals surface area contributed by atoms with E-state index in [0.29, 0.717) is 13.1 Å². The fraction of sp³-hybridized carbons (Fsp3) is 0.350. The first kappa shape index (κ1) is 19.9. The average molecular weight is 408 g/mol. The summed E-state index contributed by atoms with van der Waals surface area (Å²) in [4.78, 5) is 14.9. The molecular formula is C20H22ClNO4S. The number of morpholine rings is 1. The van der Waals surface area contributed by atoms with Gasteiger partial charge in [0.2, 0.25) is 0 Å². The number of carbonyl (C=O) groups is 1. The number of carbonyl (C=O) groups excluding carboxylic acids is 1. The number of nitrogens with zero attached hydrogens (tertiary/aromatic N) is 1. The minimum Gasteiger partial charge on any atom is -0.367 e. The van der Waals surface area contributed by atoms with Crippen LogP contribution in [-0.4, -0.2) is 44.2 Å². The monoisotopic (exact) mass is 407 g/mol. The van der Waals surface area contributed by atoms with E-state index < -0.39 is 9.84 Å². The Bertz CT molecular complexity index is 930. The molecule has 1 aliphatic rings. The van der Waals surface area contributed by atoms with Gasteiger partial charge in [-0.2, -0.15) is 0 Å². The van der Waals surface area contributed by atoms with Crippen LogP contribution in [-0.2, 0) is 14.6 Å². The topological polar surface area (TPSA) is 63.7 Å². The highest BCUT2D eigenvalue weighted by Gasteiger charge is 2.31. The van der Waals surface area contributed by atoms with Gasteiger partial charge in [0.15, 0.2) is 9.84 Å². The normalized spacial score (nSPS) is 20.5. The minimum atomic E-state index is -3.42. The molecule has 0 saturated carbocycles. The second-order valence-corrected chi connectivity index (χ2v) is 9.29. The van der Waals surface area contributed by atoms with E-state index in [-0.39, 0.29) is 39.3 Å². The Morgan fingerprint density at radius 3 is 2.56 bits per heavy atom. The molecule has 2 atom stereocenters. The zero-order valence-corrected chi connectivity index (χ0v) is 16.8. The lowest BCUT2D eigenvalue weighted by Crippen LogP contribution is -2.46. The molecule has 1 heterocycles. The maximum absolute atomic E-state index is 13.1. The van der Waals surface area contributed by atoms with Gasteiger partial charge in [0, 0.05) is 6.54 Å². The van der Waals surface area contributed by atoms with Gasteiger partial charge in [0.1, 0.15) is 6.10 Å². The molecule has 144 valence electrons. The Balaban J connectivity index is 1.90. The van der Waals surface area contributed by atoms with Crippen molar-refractivity contribution in [3.63, 3.8) is 0 Å². The molecule has 0 spiro atoms. The number of hydrogen-bond donors (Lipinski definition) is 0. The van der Waals surface area contributed by atoms with Crippen LogP contribution in [0, 0.1) is 0 Å². The van der Waals surface area contributed by atoms with Crippen LogP contribution in [0.4, 0.5) is 0 Å². The van der Waals surface area contributed by atoms with Crippen molar-refractivity contribution in [2.24, 2.45) is 0 Å². The van der Waals surface area contributed by atoms with Crippen LogP contribution < -0.4 is 0 Å². The summed E-state index contributed by atoms with van der Waals surface area (Å²) in [7, 11) is -3.42. The molecule has 0 bridgehead atoms. The number of halogens is 1. The van der Waals surface area contributed by atoms with Crippen LogP contribution in [0.15, 0.2) is 53.4 Å². The standard InChI is InChI=1S/C20H22ClNO4S/c1-3-27(24,25)16-9-10-18(21)17(11-16)20(23)22-12-14(2)26-19(13-22)15-7-5-4-6-8-15/h4-11,14,19H,3,12-13H2,1-2H3. The van der Waals surface area contributed by atoms with E-state index in [1.165, 1.54) is 18.2 Å². The van der Waals surface area contributed by atoms with E-state index in [0.717, 1.165) is 5.56 Å². The molecule has 1 fully saturated rings. The van der Waals surface area contributed by atoms with Crippen molar-refractivity contribution in [3.8, 4) is 0 Å². The Morgan fingerprint density at radius 1 is 1.19 bits per heavy atom. The molecule has 2 unspecified atom stereocenters. The van der Waals surface area contributed by atoms with Gasteiger partial charge in [-0.1, -0.05) is 48.9 Å². The van der Waals surface area contributed by atoms with Crippen LogP contribution in [0.3, 0.4) is 0 Å². The van der Waals surface area contributed by atoms with Crippen LogP contribution in [0.5, 0.6) is 0 Å². The van der Waals surface area contributed by atoms with E-state index in [4.69, 9.17) is 16.3 Å². The highest BCUT2D eigenvalue weighted by molar-refractivity contribution is 7.91. The van der Waals surface area contributed by atoms with E-state index in [2.05, 4.69) is 0 Å². The number of benzene rings is 2. The van der Waals surface area contributed by atoms with Gasteiger partial charge in [0.25, 0.3) is 5.91 Å². The predicted octanol–water partition coefficient (Wildman–Crippen LogP) is 3.74. The fourth-order valence-corrected chi connectivity index (χ4v) is 4.27. The summed E-state index contributed by atoms with van der Waals surface area (Å²) in [6.07, 6.45) is -0.380. The van der Waals surface area contributed by atoms with Crippen molar-refractivity contribution in [2.75, 3.05) is 18.8 Å². The van der Waals surface area contributed by atoms with Crippen LogP contribution in [0.25, 0.3) is 0 Å². The Morgan fingerprint density at radius 2 is 1.89 bits per heavy atom. The number of sulfone groups is 1. The maximum Gasteiger partial charge on any atom is 0.255 e. The van der Waals surface area contributed by atoms with Crippen LogP contribution >= 0.6 is 11.6 Å². The number of rotatable bonds is 4. The lowest BCUT2D eigenvalue weighted by atomic mass is 10.1. The summed E-state index contributed by atoms with van der Waals surface area (Å²) in [5.41, 5.74) is 1.20. The van der Waals surface area contributed by atoms with Gasteiger partial charge in [0.05, 0.1) is 33.9 Å². The van der Waals surface area contributed by atoms with Crippen LogP contribution in [0.2, 0.25) is 5.02 Å². The van der Waals surface area contributed by atoms with Gasteiger partial charge >= 0.3 is 0 Å².